The van der Waals surface area contributed by atoms with E-state index in [0.717, 1.165) is 31.1 Å². The van der Waals surface area contributed by atoms with E-state index in [0.29, 0.717) is 12.0 Å². The zero-order valence-corrected chi connectivity index (χ0v) is 11.9. The van der Waals surface area contributed by atoms with Gasteiger partial charge in [0.1, 0.15) is 0 Å². The van der Waals surface area contributed by atoms with Crippen molar-refractivity contribution in [2.45, 2.75) is 33.2 Å². The van der Waals surface area contributed by atoms with Crippen LogP contribution in [0.5, 0.6) is 11.5 Å². The maximum Gasteiger partial charge on any atom is 0.161 e. The second-order valence-corrected chi connectivity index (χ2v) is 4.96. The predicted molar refractivity (Wildman–Crippen MR) is 75.4 cm³/mol. The third-order valence-electron chi connectivity index (χ3n) is 2.81. The van der Waals surface area contributed by atoms with Crippen LogP contribution in [0.1, 0.15) is 27.2 Å². The second kappa shape index (κ2) is 7.98. The number of para-hydroxylation sites is 2. The summed E-state index contributed by atoms with van der Waals surface area (Å²) in [5, 5.41) is 3.44. The summed E-state index contributed by atoms with van der Waals surface area (Å²) in [7, 11) is 1.66. The Kier molecular flexibility index (Phi) is 6.58. The summed E-state index contributed by atoms with van der Waals surface area (Å²) in [6, 6.07) is 8.31. The van der Waals surface area contributed by atoms with Crippen molar-refractivity contribution in [1.29, 1.82) is 0 Å². The van der Waals surface area contributed by atoms with Crippen LogP contribution in [0.25, 0.3) is 0 Å². The molecule has 0 aliphatic carbocycles. The number of ether oxygens (including phenoxy) is 2. The minimum atomic E-state index is 0.544. The Morgan fingerprint density at radius 2 is 1.78 bits per heavy atom. The van der Waals surface area contributed by atoms with Gasteiger partial charge in [-0.2, -0.15) is 0 Å². The van der Waals surface area contributed by atoms with Gasteiger partial charge < -0.3 is 14.8 Å². The molecular weight excluding hydrogens is 226 g/mol. The Morgan fingerprint density at radius 3 is 2.39 bits per heavy atom. The third kappa shape index (κ3) is 5.41. The smallest absolute Gasteiger partial charge is 0.161 e. The Balaban J connectivity index is 2.28. The van der Waals surface area contributed by atoms with Gasteiger partial charge in [0.25, 0.3) is 0 Å². The molecular formula is C15H25NO2. The highest BCUT2D eigenvalue weighted by molar-refractivity contribution is 5.39. The first kappa shape index (κ1) is 14.8. The van der Waals surface area contributed by atoms with Crippen LogP contribution >= 0.6 is 0 Å². The first-order chi connectivity index (χ1) is 8.63. The van der Waals surface area contributed by atoms with E-state index in [1.807, 2.05) is 24.3 Å². The SMILES string of the molecule is COc1ccccc1OCCC(C)CNC(C)C. The molecule has 0 radical (unpaired) electrons. The molecule has 0 saturated heterocycles. The van der Waals surface area contributed by atoms with E-state index in [-0.39, 0.29) is 0 Å². The minimum absolute atomic E-state index is 0.544. The lowest BCUT2D eigenvalue weighted by Gasteiger charge is -2.16. The number of nitrogens with one attached hydrogen (secondary N) is 1. The summed E-state index contributed by atoms with van der Waals surface area (Å²) in [5.74, 6) is 2.23. The lowest BCUT2D eigenvalue weighted by Crippen LogP contribution is -2.28. The number of benzene rings is 1. The van der Waals surface area contributed by atoms with Crippen LogP contribution in [0.15, 0.2) is 24.3 Å². The first-order valence-electron chi connectivity index (χ1n) is 6.62. The van der Waals surface area contributed by atoms with Crippen LogP contribution in [0.3, 0.4) is 0 Å². The molecule has 0 spiro atoms. The van der Waals surface area contributed by atoms with E-state index in [2.05, 4.69) is 26.1 Å². The second-order valence-electron chi connectivity index (χ2n) is 4.96. The molecule has 1 unspecified atom stereocenters. The van der Waals surface area contributed by atoms with Crippen molar-refractivity contribution in [3.05, 3.63) is 24.3 Å². The van der Waals surface area contributed by atoms with Crippen molar-refractivity contribution in [3.63, 3.8) is 0 Å². The normalized spacial score (nSPS) is 12.5. The molecule has 18 heavy (non-hydrogen) atoms. The van der Waals surface area contributed by atoms with Crippen LogP contribution in [0, 0.1) is 5.92 Å². The molecule has 3 heteroatoms. The predicted octanol–water partition coefficient (Wildman–Crippen LogP) is 3.10. The van der Waals surface area contributed by atoms with Gasteiger partial charge in [-0.15, -0.1) is 0 Å². The monoisotopic (exact) mass is 251 g/mol. The molecule has 1 N–H and O–H groups in total. The zero-order valence-electron chi connectivity index (χ0n) is 11.9. The standard InChI is InChI=1S/C15H25NO2/c1-12(2)16-11-13(3)9-10-18-15-8-6-5-7-14(15)17-4/h5-8,12-13,16H,9-11H2,1-4H3. The Bertz CT molecular complexity index is 339. The Hall–Kier alpha value is -1.22. The van der Waals surface area contributed by atoms with E-state index in [1.54, 1.807) is 7.11 Å². The molecule has 0 aliphatic heterocycles. The van der Waals surface area contributed by atoms with Gasteiger partial charge in [-0.05, 0) is 31.0 Å². The van der Waals surface area contributed by atoms with Gasteiger partial charge in [0, 0.05) is 6.04 Å². The quantitative estimate of drug-likeness (QED) is 0.770. The third-order valence-corrected chi connectivity index (χ3v) is 2.81. The van der Waals surface area contributed by atoms with Crippen LogP contribution in [0.4, 0.5) is 0 Å². The van der Waals surface area contributed by atoms with Crippen molar-refractivity contribution in [2.24, 2.45) is 5.92 Å². The fourth-order valence-corrected chi connectivity index (χ4v) is 1.65. The number of hydrogen-bond acceptors (Lipinski definition) is 3. The number of hydrogen-bond donors (Lipinski definition) is 1. The molecule has 1 rings (SSSR count). The van der Waals surface area contributed by atoms with E-state index in [1.165, 1.54) is 0 Å². The summed E-state index contributed by atoms with van der Waals surface area (Å²) in [6.07, 6.45) is 1.04. The molecule has 0 bridgehead atoms. The molecule has 1 aromatic carbocycles. The fourth-order valence-electron chi connectivity index (χ4n) is 1.65. The van der Waals surface area contributed by atoms with E-state index in [9.17, 15) is 0 Å². The van der Waals surface area contributed by atoms with E-state index >= 15 is 0 Å². The molecule has 0 aliphatic rings. The molecule has 0 heterocycles. The van der Waals surface area contributed by atoms with Gasteiger partial charge in [0.2, 0.25) is 0 Å². The summed E-state index contributed by atoms with van der Waals surface area (Å²) in [6.45, 7) is 8.32. The average Bonchev–Trinajstić information content (AvgIpc) is 2.37. The van der Waals surface area contributed by atoms with Gasteiger partial charge in [0.15, 0.2) is 11.5 Å². The summed E-state index contributed by atoms with van der Waals surface area (Å²) >= 11 is 0. The van der Waals surface area contributed by atoms with Crippen LogP contribution in [0.2, 0.25) is 0 Å². The van der Waals surface area contributed by atoms with Gasteiger partial charge >= 0.3 is 0 Å². The van der Waals surface area contributed by atoms with Crippen molar-refractivity contribution in [2.75, 3.05) is 20.3 Å². The molecule has 0 fully saturated rings. The first-order valence-corrected chi connectivity index (χ1v) is 6.62. The van der Waals surface area contributed by atoms with E-state index < -0.39 is 0 Å². The fraction of sp³-hybridized carbons (Fsp3) is 0.600. The molecule has 0 amide bonds. The maximum atomic E-state index is 5.75. The van der Waals surface area contributed by atoms with Crippen LogP contribution < -0.4 is 14.8 Å². The molecule has 1 atom stereocenters. The molecule has 102 valence electrons. The van der Waals surface area contributed by atoms with Gasteiger partial charge in [0.05, 0.1) is 13.7 Å². The topological polar surface area (TPSA) is 30.5 Å². The molecule has 0 aromatic heterocycles. The van der Waals surface area contributed by atoms with Crippen LogP contribution in [-0.2, 0) is 0 Å². The van der Waals surface area contributed by atoms with Crippen molar-refractivity contribution in [1.82, 2.24) is 5.32 Å². The summed E-state index contributed by atoms with van der Waals surface area (Å²) in [4.78, 5) is 0. The van der Waals surface area contributed by atoms with Gasteiger partial charge in [-0.25, -0.2) is 0 Å². The zero-order chi connectivity index (χ0) is 13.4. The largest absolute Gasteiger partial charge is 0.493 e. The molecule has 1 aromatic rings. The molecule has 0 saturated carbocycles. The van der Waals surface area contributed by atoms with Crippen molar-refractivity contribution >= 4 is 0 Å². The van der Waals surface area contributed by atoms with E-state index in [4.69, 9.17) is 9.47 Å². The summed E-state index contributed by atoms with van der Waals surface area (Å²) < 4.78 is 11.0. The molecule has 3 nitrogen and oxygen atoms in total. The maximum absolute atomic E-state index is 5.75. The number of rotatable bonds is 8. The van der Waals surface area contributed by atoms with Gasteiger partial charge in [-0.3, -0.25) is 0 Å². The minimum Gasteiger partial charge on any atom is -0.493 e. The summed E-state index contributed by atoms with van der Waals surface area (Å²) in [5.41, 5.74) is 0. The highest BCUT2D eigenvalue weighted by atomic mass is 16.5. The Labute approximate surface area is 110 Å². The lowest BCUT2D eigenvalue weighted by atomic mass is 10.1. The van der Waals surface area contributed by atoms with Crippen LogP contribution in [-0.4, -0.2) is 26.3 Å². The van der Waals surface area contributed by atoms with Gasteiger partial charge in [-0.1, -0.05) is 32.9 Å². The highest BCUT2D eigenvalue weighted by Gasteiger charge is 2.05. The van der Waals surface area contributed by atoms with Crippen molar-refractivity contribution in [3.8, 4) is 11.5 Å². The average molecular weight is 251 g/mol. The number of methoxy groups -OCH3 is 1. The van der Waals surface area contributed by atoms with Crippen molar-refractivity contribution < 1.29 is 9.47 Å². The Morgan fingerprint density at radius 1 is 1.11 bits per heavy atom. The lowest BCUT2D eigenvalue weighted by molar-refractivity contribution is 0.265. The highest BCUT2D eigenvalue weighted by Crippen LogP contribution is 2.25.